The lowest BCUT2D eigenvalue weighted by Gasteiger charge is -2.34. The molecule has 0 unspecified atom stereocenters. The first-order valence-corrected chi connectivity index (χ1v) is 15.2. The molecule has 1 aliphatic heterocycles. The minimum atomic E-state index is -3.52. The summed E-state index contributed by atoms with van der Waals surface area (Å²) in [5, 5.41) is 2.90. The van der Waals surface area contributed by atoms with Crippen molar-refractivity contribution in [1.29, 1.82) is 0 Å². The Bertz CT molecular complexity index is 1420. The smallest absolute Gasteiger partial charge is 0.255 e. The average molecular weight is 548 g/mol. The van der Waals surface area contributed by atoms with Crippen molar-refractivity contribution in [3.63, 3.8) is 0 Å². The second-order valence-corrected chi connectivity index (χ2v) is 13.6. The number of nitrogens with zero attached hydrogens (tertiary/aromatic N) is 2. The van der Waals surface area contributed by atoms with Crippen LogP contribution in [0.1, 0.15) is 56.8 Å². The average Bonchev–Trinajstić information content (AvgIpc) is 2.88. The normalized spacial score (nSPS) is 14.7. The molecule has 39 heavy (non-hydrogen) atoms. The van der Waals surface area contributed by atoms with Gasteiger partial charge in [-0.15, -0.1) is 0 Å². The molecule has 8 heteroatoms. The fraction of sp³-hybridized carbons (Fsp3) is 0.387. The lowest BCUT2D eigenvalue weighted by molar-refractivity contribution is -0.121. The van der Waals surface area contributed by atoms with E-state index in [9.17, 15) is 18.0 Å². The Hall–Kier alpha value is -3.52. The molecular formula is C31H37N3O4S. The second-order valence-electron chi connectivity index (χ2n) is 11.6. The first-order chi connectivity index (χ1) is 18.4. The molecule has 1 aliphatic rings. The Balaban J connectivity index is 1.50. The van der Waals surface area contributed by atoms with Crippen LogP contribution in [0.2, 0.25) is 0 Å². The van der Waals surface area contributed by atoms with Crippen molar-refractivity contribution in [3.05, 3.63) is 72.4 Å². The van der Waals surface area contributed by atoms with Gasteiger partial charge >= 0.3 is 0 Å². The largest absolute Gasteiger partial charge is 0.355 e. The number of Topliss-reactive ketones (excluding diaryl/α,β-unsaturated/α-hetero) is 1. The van der Waals surface area contributed by atoms with Gasteiger partial charge < -0.3 is 10.2 Å². The number of anilines is 2. The van der Waals surface area contributed by atoms with Crippen LogP contribution in [0.5, 0.6) is 0 Å². The van der Waals surface area contributed by atoms with E-state index in [1.54, 1.807) is 12.1 Å². The van der Waals surface area contributed by atoms with Gasteiger partial charge in [0.1, 0.15) is 5.78 Å². The molecule has 7 nitrogen and oxygen atoms in total. The number of benzene rings is 2. The summed E-state index contributed by atoms with van der Waals surface area (Å²) in [6.45, 7) is 7.58. The van der Waals surface area contributed by atoms with Crippen molar-refractivity contribution in [2.24, 2.45) is 11.3 Å². The van der Waals surface area contributed by atoms with Crippen molar-refractivity contribution in [3.8, 4) is 11.1 Å². The molecule has 2 heterocycles. The molecule has 3 aromatic rings. The van der Waals surface area contributed by atoms with E-state index in [1.807, 2.05) is 42.5 Å². The Morgan fingerprint density at radius 1 is 0.974 bits per heavy atom. The third-order valence-electron chi connectivity index (χ3n) is 6.93. The van der Waals surface area contributed by atoms with E-state index in [4.69, 9.17) is 0 Å². The number of hydrogen-bond acceptors (Lipinski definition) is 6. The van der Waals surface area contributed by atoms with Crippen molar-refractivity contribution < 1.29 is 18.0 Å². The maximum absolute atomic E-state index is 13.2. The summed E-state index contributed by atoms with van der Waals surface area (Å²) in [5.41, 5.74) is 2.86. The molecule has 4 rings (SSSR count). The van der Waals surface area contributed by atoms with Crippen LogP contribution in [-0.4, -0.2) is 44.4 Å². The van der Waals surface area contributed by atoms with Gasteiger partial charge in [0.05, 0.1) is 10.6 Å². The summed E-state index contributed by atoms with van der Waals surface area (Å²) >= 11 is 0. The van der Waals surface area contributed by atoms with Gasteiger partial charge in [-0.1, -0.05) is 63.2 Å². The van der Waals surface area contributed by atoms with E-state index in [-0.39, 0.29) is 16.2 Å². The number of carbonyl (C=O) groups is 2. The van der Waals surface area contributed by atoms with Crippen LogP contribution in [0.3, 0.4) is 0 Å². The maximum atomic E-state index is 13.2. The highest BCUT2D eigenvalue weighted by molar-refractivity contribution is 7.90. The predicted octanol–water partition coefficient (Wildman–Crippen LogP) is 6.02. The van der Waals surface area contributed by atoms with Crippen LogP contribution in [-0.2, 0) is 14.6 Å². The predicted molar refractivity (Wildman–Crippen MR) is 156 cm³/mol. The number of amides is 1. The second kappa shape index (κ2) is 11.7. The number of aromatic nitrogens is 1. The van der Waals surface area contributed by atoms with Crippen LogP contribution in [0.25, 0.3) is 11.1 Å². The van der Waals surface area contributed by atoms with E-state index in [0.717, 1.165) is 30.2 Å². The molecule has 1 N–H and O–H groups in total. The molecule has 1 aromatic heterocycles. The van der Waals surface area contributed by atoms with Crippen molar-refractivity contribution in [2.75, 3.05) is 29.6 Å². The SMILES string of the molecule is CC(C)(C)CC(=O)CC1CCN(c2ncc(S(C)(=O)=O)cc2NC(=O)c2ccc(-c3ccccc3)cc2)CC1. The van der Waals surface area contributed by atoms with Crippen LogP contribution in [0.4, 0.5) is 11.5 Å². The van der Waals surface area contributed by atoms with E-state index in [1.165, 1.54) is 12.3 Å². The van der Waals surface area contributed by atoms with Gasteiger partial charge in [-0.3, -0.25) is 9.59 Å². The molecule has 1 saturated heterocycles. The first kappa shape index (κ1) is 28.5. The topological polar surface area (TPSA) is 96.4 Å². The number of rotatable bonds is 8. The zero-order valence-corrected chi connectivity index (χ0v) is 23.9. The fourth-order valence-electron chi connectivity index (χ4n) is 4.96. The van der Waals surface area contributed by atoms with E-state index >= 15 is 0 Å². The van der Waals surface area contributed by atoms with Crippen LogP contribution >= 0.6 is 0 Å². The maximum Gasteiger partial charge on any atom is 0.255 e. The number of sulfone groups is 1. The number of nitrogens with one attached hydrogen (secondary N) is 1. The molecule has 0 atom stereocenters. The number of hydrogen-bond donors (Lipinski definition) is 1. The summed E-state index contributed by atoms with van der Waals surface area (Å²) in [7, 11) is -3.52. The van der Waals surface area contributed by atoms with E-state index in [2.05, 4.69) is 36.0 Å². The van der Waals surface area contributed by atoms with Gasteiger partial charge in [0.15, 0.2) is 15.7 Å². The molecule has 1 fully saturated rings. The van der Waals surface area contributed by atoms with Crippen molar-refractivity contribution >= 4 is 33.0 Å². The third-order valence-corrected chi connectivity index (χ3v) is 8.01. The molecule has 2 aromatic carbocycles. The molecule has 0 spiro atoms. The lowest BCUT2D eigenvalue weighted by atomic mass is 9.84. The summed E-state index contributed by atoms with van der Waals surface area (Å²) in [4.78, 5) is 32.3. The zero-order valence-electron chi connectivity index (χ0n) is 23.1. The van der Waals surface area contributed by atoms with Crippen LogP contribution < -0.4 is 10.2 Å². The molecule has 0 bridgehead atoms. The summed E-state index contributed by atoms with van der Waals surface area (Å²) in [6, 6.07) is 18.7. The van der Waals surface area contributed by atoms with Gasteiger partial charge in [-0.25, -0.2) is 13.4 Å². The standard InChI is InChI=1S/C31H37N3O4S/c1-31(2,3)20-26(35)18-22-14-16-34(17-15-22)29-28(19-27(21-32-29)39(4,37)38)33-30(36)25-12-10-24(11-13-25)23-8-6-5-7-9-23/h5-13,19,21-22H,14-18,20H2,1-4H3,(H,33,36). The van der Waals surface area contributed by atoms with Crippen molar-refractivity contribution in [2.45, 2.75) is 51.3 Å². The number of piperidine rings is 1. The summed E-state index contributed by atoms with van der Waals surface area (Å²) < 4.78 is 24.5. The number of pyridine rings is 1. The summed E-state index contributed by atoms with van der Waals surface area (Å²) in [5.74, 6) is 0.803. The summed E-state index contributed by atoms with van der Waals surface area (Å²) in [6.07, 6.45) is 5.28. The number of ketones is 1. The number of carbonyl (C=O) groups excluding carboxylic acids is 2. The van der Waals surface area contributed by atoms with Crippen LogP contribution in [0, 0.1) is 11.3 Å². The molecule has 0 aliphatic carbocycles. The molecule has 0 saturated carbocycles. The van der Waals surface area contributed by atoms with Gasteiger partial charge in [-0.2, -0.15) is 0 Å². The van der Waals surface area contributed by atoms with Gasteiger partial charge in [0.25, 0.3) is 5.91 Å². The van der Waals surface area contributed by atoms with Gasteiger partial charge in [0, 0.05) is 43.9 Å². The quantitative estimate of drug-likeness (QED) is 0.371. The van der Waals surface area contributed by atoms with E-state index in [0.29, 0.717) is 54.7 Å². The van der Waals surface area contributed by atoms with Gasteiger partial charge in [0.2, 0.25) is 0 Å². The molecule has 1 amide bonds. The highest BCUT2D eigenvalue weighted by Crippen LogP contribution is 2.32. The highest BCUT2D eigenvalue weighted by atomic mass is 32.2. The molecule has 0 radical (unpaired) electrons. The first-order valence-electron chi connectivity index (χ1n) is 13.3. The lowest BCUT2D eigenvalue weighted by Crippen LogP contribution is -2.36. The monoisotopic (exact) mass is 547 g/mol. The van der Waals surface area contributed by atoms with E-state index < -0.39 is 9.84 Å². The zero-order chi connectivity index (χ0) is 28.2. The molecular weight excluding hydrogens is 510 g/mol. The minimum Gasteiger partial charge on any atom is -0.355 e. The Kier molecular flexibility index (Phi) is 8.54. The molecule has 206 valence electrons. The third kappa shape index (κ3) is 7.76. The van der Waals surface area contributed by atoms with Gasteiger partial charge in [-0.05, 0) is 53.5 Å². The Morgan fingerprint density at radius 2 is 1.59 bits per heavy atom. The Labute approximate surface area is 231 Å². The highest BCUT2D eigenvalue weighted by Gasteiger charge is 2.26. The minimum absolute atomic E-state index is 0.0158. The fourth-order valence-corrected chi connectivity index (χ4v) is 5.53. The van der Waals surface area contributed by atoms with Crippen LogP contribution in [0.15, 0.2) is 71.8 Å². The Morgan fingerprint density at radius 3 is 2.18 bits per heavy atom. The van der Waals surface area contributed by atoms with Crippen molar-refractivity contribution in [1.82, 2.24) is 4.98 Å².